The summed E-state index contributed by atoms with van der Waals surface area (Å²) in [6.45, 7) is 4.64. The minimum atomic E-state index is -0.291. The van der Waals surface area contributed by atoms with E-state index in [2.05, 4.69) is 25.6 Å². The van der Waals surface area contributed by atoms with E-state index in [1.807, 2.05) is 30.0 Å². The van der Waals surface area contributed by atoms with E-state index < -0.39 is 0 Å². The quantitative estimate of drug-likeness (QED) is 0.647. The smallest absolute Gasteiger partial charge is 0.231 e. The summed E-state index contributed by atoms with van der Waals surface area (Å²) in [4.78, 5) is 26.2. The molecule has 3 aromatic rings. The number of carbonyl (C=O) groups is 1. The van der Waals surface area contributed by atoms with Crippen LogP contribution in [0.5, 0.6) is 5.75 Å². The first kappa shape index (κ1) is 19.6. The highest BCUT2D eigenvalue weighted by Gasteiger charge is 2.30. The second-order valence-corrected chi connectivity index (χ2v) is 7.04. The predicted molar refractivity (Wildman–Crippen MR) is 112 cm³/mol. The number of benzene rings is 2. The number of hydrogen-bond acceptors (Lipinski definition) is 7. The molecule has 1 aliphatic heterocycles. The summed E-state index contributed by atoms with van der Waals surface area (Å²) < 4.78 is 18.8. The molecule has 0 atom stereocenters. The van der Waals surface area contributed by atoms with E-state index in [1.165, 1.54) is 25.4 Å². The highest BCUT2D eigenvalue weighted by molar-refractivity contribution is 5.90. The van der Waals surface area contributed by atoms with Crippen LogP contribution >= 0.6 is 0 Å². The predicted octanol–water partition coefficient (Wildman–Crippen LogP) is 3.29. The van der Waals surface area contributed by atoms with Crippen molar-refractivity contribution in [3.05, 3.63) is 60.2 Å². The Kier molecular flexibility index (Phi) is 5.42. The Morgan fingerprint density at radius 2 is 1.93 bits per heavy atom. The molecular formula is C21H21FN6O2. The molecule has 4 rings (SSSR count). The van der Waals surface area contributed by atoms with Gasteiger partial charge >= 0.3 is 0 Å². The summed E-state index contributed by atoms with van der Waals surface area (Å²) in [6.07, 6.45) is 1.43. The summed E-state index contributed by atoms with van der Waals surface area (Å²) in [5.74, 6) is 1.16. The number of rotatable bonds is 6. The van der Waals surface area contributed by atoms with Crippen molar-refractivity contribution in [1.29, 1.82) is 0 Å². The molecule has 1 aliphatic rings. The lowest BCUT2D eigenvalue weighted by molar-refractivity contribution is -0.114. The normalized spacial score (nSPS) is 13.5. The standard InChI is InChI=1S/C21H21FN6O2/c1-13-3-6-16(9-19(13)25-14(2)29)26-20-23-12-24-21(27-20)28-10-18(11-28)30-17-7-4-15(22)5-8-17/h3-9,12,18H,10-11H2,1-2H3,(H,25,29)(H,23,24,26,27). The summed E-state index contributed by atoms with van der Waals surface area (Å²) in [6, 6.07) is 11.6. The van der Waals surface area contributed by atoms with Crippen molar-refractivity contribution in [2.24, 2.45) is 0 Å². The Balaban J connectivity index is 1.38. The maximum atomic E-state index is 13.0. The Hall–Kier alpha value is -3.75. The molecule has 1 aromatic heterocycles. The fourth-order valence-corrected chi connectivity index (χ4v) is 3.04. The molecule has 0 saturated carbocycles. The number of nitrogens with one attached hydrogen (secondary N) is 2. The van der Waals surface area contributed by atoms with Crippen molar-refractivity contribution >= 4 is 29.2 Å². The second kappa shape index (κ2) is 8.32. The lowest BCUT2D eigenvalue weighted by Gasteiger charge is -2.38. The Morgan fingerprint density at radius 3 is 2.67 bits per heavy atom. The van der Waals surface area contributed by atoms with E-state index in [4.69, 9.17) is 4.74 Å². The molecule has 0 spiro atoms. The zero-order chi connectivity index (χ0) is 21.1. The van der Waals surface area contributed by atoms with Crippen LogP contribution in [0.25, 0.3) is 0 Å². The molecule has 8 nitrogen and oxygen atoms in total. The van der Waals surface area contributed by atoms with Gasteiger partial charge in [-0.05, 0) is 48.9 Å². The topological polar surface area (TPSA) is 92.3 Å². The molecule has 2 aromatic carbocycles. The number of anilines is 4. The number of aryl methyl sites for hydroxylation is 1. The van der Waals surface area contributed by atoms with Gasteiger partial charge in [-0.3, -0.25) is 4.79 Å². The van der Waals surface area contributed by atoms with Gasteiger partial charge in [0.1, 0.15) is 24.0 Å². The van der Waals surface area contributed by atoms with Gasteiger partial charge < -0.3 is 20.3 Å². The van der Waals surface area contributed by atoms with Crippen LogP contribution in [0.2, 0.25) is 0 Å². The maximum absolute atomic E-state index is 13.0. The van der Waals surface area contributed by atoms with E-state index >= 15 is 0 Å². The molecule has 2 heterocycles. The van der Waals surface area contributed by atoms with Crippen LogP contribution in [-0.2, 0) is 4.79 Å². The van der Waals surface area contributed by atoms with Gasteiger partial charge in [0.15, 0.2) is 0 Å². The van der Waals surface area contributed by atoms with Gasteiger partial charge in [-0.1, -0.05) is 6.07 Å². The molecule has 1 amide bonds. The first-order valence-electron chi connectivity index (χ1n) is 9.48. The molecule has 0 unspecified atom stereocenters. The monoisotopic (exact) mass is 408 g/mol. The first-order chi connectivity index (χ1) is 14.5. The zero-order valence-corrected chi connectivity index (χ0v) is 16.6. The lowest BCUT2D eigenvalue weighted by Crippen LogP contribution is -2.54. The molecule has 0 aliphatic carbocycles. The molecular weight excluding hydrogens is 387 g/mol. The highest BCUT2D eigenvalue weighted by Crippen LogP contribution is 2.24. The molecule has 1 fully saturated rings. The number of ether oxygens (including phenoxy) is 1. The summed E-state index contributed by atoms with van der Waals surface area (Å²) in [5, 5.41) is 5.94. The Labute approximate surface area is 173 Å². The van der Waals surface area contributed by atoms with Crippen molar-refractivity contribution in [1.82, 2.24) is 15.0 Å². The molecule has 154 valence electrons. The highest BCUT2D eigenvalue weighted by atomic mass is 19.1. The average molecular weight is 408 g/mol. The van der Waals surface area contributed by atoms with Gasteiger partial charge in [-0.15, -0.1) is 0 Å². The van der Waals surface area contributed by atoms with E-state index in [0.717, 1.165) is 16.9 Å². The molecule has 9 heteroatoms. The first-order valence-corrected chi connectivity index (χ1v) is 9.48. The molecule has 0 radical (unpaired) electrons. The third-order valence-electron chi connectivity index (χ3n) is 4.61. The maximum Gasteiger partial charge on any atom is 0.231 e. The van der Waals surface area contributed by atoms with Crippen LogP contribution in [-0.4, -0.2) is 40.1 Å². The third kappa shape index (κ3) is 4.62. The van der Waals surface area contributed by atoms with Crippen molar-refractivity contribution in [2.75, 3.05) is 28.6 Å². The Morgan fingerprint density at radius 1 is 1.17 bits per heavy atom. The van der Waals surface area contributed by atoms with E-state index in [0.29, 0.717) is 30.7 Å². The van der Waals surface area contributed by atoms with Crippen LogP contribution in [0.4, 0.5) is 27.7 Å². The number of nitrogens with zero attached hydrogens (tertiary/aromatic N) is 4. The summed E-state index contributed by atoms with van der Waals surface area (Å²) >= 11 is 0. The fraction of sp³-hybridized carbons (Fsp3) is 0.238. The number of hydrogen-bond donors (Lipinski definition) is 2. The van der Waals surface area contributed by atoms with E-state index in [9.17, 15) is 9.18 Å². The van der Waals surface area contributed by atoms with Gasteiger partial charge in [-0.2, -0.15) is 4.98 Å². The van der Waals surface area contributed by atoms with Crippen molar-refractivity contribution in [3.63, 3.8) is 0 Å². The van der Waals surface area contributed by atoms with Crippen LogP contribution in [0, 0.1) is 12.7 Å². The van der Waals surface area contributed by atoms with E-state index in [1.54, 1.807) is 12.1 Å². The van der Waals surface area contributed by atoms with Crippen LogP contribution in [0.15, 0.2) is 48.8 Å². The van der Waals surface area contributed by atoms with Gasteiger partial charge in [0.2, 0.25) is 17.8 Å². The molecule has 30 heavy (non-hydrogen) atoms. The fourth-order valence-electron chi connectivity index (χ4n) is 3.04. The number of aromatic nitrogens is 3. The average Bonchev–Trinajstić information content (AvgIpc) is 2.68. The second-order valence-electron chi connectivity index (χ2n) is 7.04. The molecule has 0 bridgehead atoms. The Bertz CT molecular complexity index is 1050. The minimum Gasteiger partial charge on any atom is -0.487 e. The minimum absolute atomic E-state index is 0.0130. The van der Waals surface area contributed by atoms with Crippen molar-refractivity contribution in [2.45, 2.75) is 20.0 Å². The van der Waals surface area contributed by atoms with Crippen LogP contribution in [0.1, 0.15) is 12.5 Å². The van der Waals surface area contributed by atoms with Gasteiger partial charge in [0.05, 0.1) is 13.1 Å². The lowest BCUT2D eigenvalue weighted by atomic mass is 10.2. The van der Waals surface area contributed by atoms with Crippen molar-refractivity contribution in [3.8, 4) is 5.75 Å². The largest absolute Gasteiger partial charge is 0.487 e. The third-order valence-corrected chi connectivity index (χ3v) is 4.61. The SMILES string of the molecule is CC(=O)Nc1cc(Nc2ncnc(N3CC(Oc4ccc(F)cc4)C3)n2)ccc1C. The number of halogens is 1. The summed E-state index contributed by atoms with van der Waals surface area (Å²) in [5.41, 5.74) is 2.44. The van der Waals surface area contributed by atoms with Crippen LogP contribution in [0.3, 0.4) is 0 Å². The van der Waals surface area contributed by atoms with Gasteiger partial charge in [-0.25, -0.2) is 14.4 Å². The van der Waals surface area contributed by atoms with Crippen LogP contribution < -0.4 is 20.3 Å². The molecule has 1 saturated heterocycles. The number of carbonyl (C=O) groups excluding carboxylic acids is 1. The summed E-state index contributed by atoms with van der Waals surface area (Å²) in [7, 11) is 0. The van der Waals surface area contributed by atoms with Crippen molar-refractivity contribution < 1.29 is 13.9 Å². The van der Waals surface area contributed by atoms with Gasteiger partial charge in [0, 0.05) is 18.3 Å². The number of amides is 1. The zero-order valence-electron chi connectivity index (χ0n) is 16.6. The molecule has 2 N–H and O–H groups in total. The van der Waals surface area contributed by atoms with E-state index in [-0.39, 0.29) is 17.8 Å². The van der Waals surface area contributed by atoms with Gasteiger partial charge in [0.25, 0.3) is 0 Å².